The number of ether oxygens (including phenoxy) is 1. The van der Waals surface area contributed by atoms with Gasteiger partial charge < -0.3 is 15.0 Å². The van der Waals surface area contributed by atoms with Crippen molar-refractivity contribution < 1.29 is 22.7 Å². The van der Waals surface area contributed by atoms with Crippen LogP contribution in [0, 0.1) is 5.92 Å². The Bertz CT molecular complexity index is 1110. The number of carbonyl (C=O) groups is 1. The molecule has 0 unspecified atom stereocenters. The number of fused-ring (bicyclic) bond motifs is 2. The maximum absolute atomic E-state index is 12.7. The molecular formula is C21H17F3N4O2. The van der Waals surface area contributed by atoms with Gasteiger partial charge in [0, 0.05) is 49.2 Å². The number of halogens is 3. The van der Waals surface area contributed by atoms with Gasteiger partial charge >= 0.3 is 6.18 Å². The second-order valence-electron chi connectivity index (χ2n) is 7.52. The molecule has 1 amide bonds. The first-order valence-electron chi connectivity index (χ1n) is 9.51. The van der Waals surface area contributed by atoms with Crippen LogP contribution in [0.2, 0.25) is 0 Å². The van der Waals surface area contributed by atoms with E-state index >= 15 is 0 Å². The van der Waals surface area contributed by atoms with Crippen LogP contribution in [0.4, 0.5) is 13.2 Å². The number of hydrogen-bond donors (Lipinski definition) is 1. The van der Waals surface area contributed by atoms with Crippen molar-refractivity contribution in [1.82, 2.24) is 20.2 Å². The van der Waals surface area contributed by atoms with Crippen LogP contribution in [0.1, 0.15) is 16.1 Å². The van der Waals surface area contributed by atoms with Crippen molar-refractivity contribution in [3.8, 4) is 11.6 Å². The highest BCUT2D eigenvalue weighted by atomic mass is 19.4. The monoisotopic (exact) mass is 414 g/mol. The number of carbonyl (C=O) groups excluding carboxylic acids is 1. The molecule has 0 saturated carbocycles. The van der Waals surface area contributed by atoms with E-state index in [0.29, 0.717) is 35.5 Å². The minimum atomic E-state index is -4.44. The average Bonchev–Trinajstić information content (AvgIpc) is 3.01. The zero-order valence-corrected chi connectivity index (χ0v) is 15.7. The van der Waals surface area contributed by atoms with Crippen LogP contribution in [0.3, 0.4) is 0 Å². The van der Waals surface area contributed by atoms with E-state index in [0.717, 1.165) is 30.7 Å². The molecule has 9 heteroatoms. The van der Waals surface area contributed by atoms with Crippen molar-refractivity contribution in [3.05, 3.63) is 59.9 Å². The number of hydrogen-bond acceptors (Lipinski definition) is 5. The molecule has 2 atom stereocenters. The molecule has 2 aliphatic rings. The Morgan fingerprint density at radius 1 is 1.13 bits per heavy atom. The van der Waals surface area contributed by atoms with E-state index in [-0.39, 0.29) is 11.8 Å². The fourth-order valence-electron chi connectivity index (χ4n) is 3.79. The highest BCUT2D eigenvalue weighted by Gasteiger charge is 2.41. The van der Waals surface area contributed by atoms with Gasteiger partial charge in [0.1, 0.15) is 11.4 Å². The molecule has 154 valence electrons. The number of likely N-dealkylation sites (tertiary alicyclic amines) is 1. The lowest BCUT2D eigenvalue weighted by Crippen LogP contribution is -2.51. The molecule has 4 heterocycles. The van der Waals surface area contributed by atoms with Crippen LogP contribution in [0.15, 0.2) is 48.7 Å². The van der Waals surface area contributed by atoms with Gasteiger partial charge in [-0.25, -0.2) is 9.97 Å². The topological polar surface area (TPSA) is 67.3 Å². The van der Waals surface area contributed by atoms with Crippen LogP contribution in [0.5, 0.6) is 11.6 Å². The zero-order valence-electron chi connectivity index (χ0n) is 15.7. The van der Waals surface area contributed by atoms with E-state index in [2.05, 4.69) is 15.3 Å². The summed E-state index contributed by atoms with van der Waals surface area (Å²) < 4.78 is 43.5. The van der Waals surface area contributed by atoms with Gasteiger partial charge in [0.15, 0.2) is 0 Å². The first kappa shape index (κ1) is 18.8. The predicted octanol–water partition coefficient (Wildman–Crippen LogP) is 3.48. The Kier molecular flexibility index (Phi) is 4.35. The molecule has 6 nitrogen and oxygen atoms in total. The van der Waals surface area contributed by atoms with E-state index in [4.69, 9.17) is 4.74 Å². The largest absolute Gasteiger partial charge is 0.439 e. The molecule has 2 aliphatic heterocycles. The fourth-order valence-corrected chi connectivity index (χ4v) is 3.79. The van der Waals surface area contributed by atoms with Crippen LogP contribution < -0.4 is 10.1 Å². The standard InChI is InChI=1S/C21H17F3N4O2/c22-21(23,24)14-2-6-19(26-9-14)30-15-3-5-16-12(7-15)1-4-17(27-16)20(29)28-10-13-8-25-18(13)11-28/h1-7,9,13,18,25H,8,10-11H2/t13-,18-/m1/s1. The first-order chi connectivity index (χ1) is 14.4. The van der Waals surface area contributed by atoms with Crippen LogP contribution in [-0.2, 0) is 6.18 Å². The average molecular weight is 414 g/mol. The summed E-state index contributed by atoms with van der Waals surface area (Å²) in [5, 5.41) is 4.07. The predicted molar refractivity (Wildman–Crippen MR) is 102 cm³/mol. The molecule has 2 aromatic heterocycles. The van der Waals surface area contributed by atoms with Gasteiger partial charge in [-0.2, -0.15) is 13.2 Å². The number of benzene rings is 1. The molecule has 2 saturated heterocycles. The SMILES string of the molecule is O=C(c1ccc2cc(Oc3ccc(C(F)(F)F)cn3)ccc2n1)N1C[C@H]2CN[C@@H]2C1. The Labute approximate surface area is 169 Å². The minimum Gasteiger partial charge on any atom is -0.439 e. The van der Waals surface area contributed by atoms with Crippen molar-refractivity contribution in [3.63, 3.8) is 0 Å². The van der Waals surface area contributed by atoms with Crippen molar-refractivity contribution in [1.29, 1.82) is 0 Å². The number of pyridine rings is 2. The van der Waals surface area contributed by atoms with Crippen LogP contribution in [-0.4, -0.2) is 46.5 Å². The summed E-state index contributed by atoms with van der Waals surface area (Å²) in [7, 11) is 0. The van der Waals surface area contributed by atoms with Crippen LogP contribution in [0.25, 0.3) is 10.9 Å². The molecule has 1 N–H and O–H groups in total. The number of aromatic nitrogens is 2. The number of nitrogens with one attached hydrogen (secondary N) is 1. The highest BCUT2D eigenvalue weighted by molar-refractivity contribution is 5.95. The van der Waals surface area contributed by atoms with E-state index in [1.54, 1.807) is 30.3 Å². The van der Waals surface area contributed by atoms with Gasteiger partial charge in [-0.05, 0) is 30.3 Å². The summed E-state index contributed by atoms with van der Waals surface area (Å²) in [6.07, 6.45) is -3.71. The summed E-state index contributed by atoms with van der Waals surface area (Å²) in [6.45, 7) is 2.41. The Morgan fingerprint density at radius 3 is 2.63 bits per heavy atom. The number of rotatable bonds is 3. The maximum Gasteiger partial charge on any atom is 0.417 e. The first-order valence-corrected chi connectivity index (χ1v) is 9.51. The van der Waals surface area contributed by atoms with Crippen LogP contribution >= 0.6 is 0 Å². The summed E-state index contributed by atoms with van der Waals surface area (Å²) in [6, 6.07) is 11.0. The summed E-state index contributed by atoms with van der Waals surface area (Å²) >= 11 is 0. The molecule has 0 bridgehead atoms. The lowest BCUT2D eigenvalue weighted by Gasteiger charge is -2.29. The van der Waals surface area contributed by atoms with Gasteiger partial charge in [-0.1, -0.05) is 6.07 Å². The van der Waals surface area contributed by atoms with E-state index in [1.807, 2.05) is 4.90 Å². The van der Waals surface area contributed by atoms with E-state index < -0.39 is 11.7 Å². The summed E-state index contributed by atoms with van der Waals surface area (Å²) in [5.41, 5.74) is 0.187. The summed E-state index contributed by atoms with van der Waals surface area (Å²) in [4.78, 5) is 22.7. The molecule has 1 aromatic carbocycles. The number of alkyl halides is 3. The third-order valence-corrected chi connectivity index (χ3v) is 5.54. The van der Waals surface area contributed by atoms with Gasteiger partial charge in [-0.3, -0.25) is 4.79 Å². The lowest BCUT2D eigenvalue weighted by atomic mass is 9.96. The highest BCUT2D eigenvalue weighted by Crippen LogP contribution is 2.31. The molecule has 0 aliphatic carbocycles. The van der Waals surface area contributed by atoms with E-state index in [1.165, 1.54) is 6.07 Å². The van der Waals surface area contributed by atoms with Gasteiger partial charge in [0.25, 0.3) is 5.91 Å². The molecule has 3 aromatic rings. The molecular weight excluding hydrogens is 397 g/mol. The third-order valence-electron chi connectivity index (χ3n) is 5.54. The Morgan fingerprint density at radius 2 is 2.00 bits per heavy atom. The molecule has 0 spiro atoms. The van der Waals surface area contributed by atoms with Crippen molar-refractivity contribution >= 4 is 16.8 Å². The summed E-state index contributed by atoms with van der Waals surface area (Å²) in [5.74, 6) is 0.924. The quantitative estimate of drug-likeness (QED) is 0.711. The third kappa shape index (κ3) is 3.45. The van der Waals surface area contributed by atoms with Crippen molar-refractivity contribution in [2.75, 3.05) is 19.6 Å². The fraction of sp³-hybridized carbons (Fsp3) is 0.286. The number of amides is 1. The maximum atomic E-state index is 12.7. The minimum absolute atomic E-state index is 0.0550. The number of nitrogens with zero attached hydrogens (tertiary/aromatic N) is 3. The smallest absolute Gasteiger partial charge is 0.417 e. The van der Waals surface area contributed by atoms with Crippen molar-refractivity contribution in [2.45, 2.75) is 12.2 Å². The lowest BCUT2D eigenvalue weighted by molar-refractivity contribution is -0.137. The molecule has 2 fully saturated rings. The van der Waals surface area contributed by atoms with Gasteiger partial charge in [-0.15, -0.1) is 0 Å². The van der Waals surface area contributed by atoms with Crippen molar-refractivity contribution in [2.24, 2.45) is 5.92 Å². The Hall–Kier alpha value is -3.20. The Balaban J connectivity index is 1.32. The second kappa shape index (κ2) is 6.94. The van der Waals surface area contributed by atoms with Gasteiger partial charge in [0.05, 0.1) is 11.1 Å². The second-order valence-corrected chi connectivity index (χ2v) is 7.52. The molecule has 5 rings (SSSR count). The normalized spacial score (nSPS) is 20.7. The van der Waals surface area contributed by atoms with Gasteiger partial charge in [0.2, 0.25) is 5.88 Å². The molecule has 0 radical (unpaired) electrons. The zero-order chi connectivity index (χ0) is 20.9. The molecule has 30 heavy (non-hydrogen) atoms. The van der Waals surface area contributed by atoms with E-state index in [9.17, 15) is 18.0 Å².